The Hall–Kier alpha value is -2.20. The number of aromatic nitrogens is 1. The highest BCUT2D eigenvalue weighted by Gasteiger charge is 2.31. The molecule has 0 aliphatic rings. The van der Waals surface area contributed by atoms with Crippen LogP contribution in [0.4, 0.5) is 5.82 Å². The zero-order valence-corrected chi connectivity index (χ0v) is 11.8. The first kappa shape index (κ1) is 14.2. The minimum atomic E-state index is -0.187. The molecule has 0 saturated carbocycles. The number of nitrogens with one attached hydrogen (secondary N) is 1. The summed E-state index contributed by atoms with van der Waals surface area (Å²) >= 11 is 0. The first-order valence-corrected chi connectivity index (χ1v) is 6.63. The van der Waals surface area contributed by atoms with Crippen LogP contribution in [0.15, 0.2) is 53.3 Å². The minimum absolute atomic E-state index is 0.00258. The Balaban J connectivity index is 2.26. The molecular formula is C16H19N2O2+. The second-order valence-electron chi connectivity index (χ2n) is 5.07. The number of amides is 1. The number of aromatic amines is 1. The van der Waals surface area contributed by atoms with E-state index in [-0.39, 0.29) is 15.9 Å². The van der Waals surface area contributed by atoms with Crippen LogP contribution in [0.3, 0.4) is 0 Å². The molecule has 1 heterocycles. The number of pyridine rings is 1. The van der Waals surface area contributed by atoms with Gasteiger partial charge in [-0.05, 0) is 11.6 Å². The molecule has 1 aromatic carbocycles. The Morgan fingerprint density at radius 1 is 1.10 bits per heavy atom. The lowest BCUT2D eigenvalue weighted by atomic mass is 10.1. The molecule has 0 aliphatic carbocycles. The Bertz CT molecular complexity index is 649. The zero-order valence-electron chi connectivity index (χ0n) is 11.8. The fourth-order valence-corrected chi connectivity index (χ4v) is 2.17. The number of hydrogen-bond acceptors (Lipinski definition) is 2. The van der Waals surface area contributed by atoms with Gasteiger partial charge in [0.25, 0.3) is 5.56 Å². The first-order chi connectivity index (χ1) is 9.52. The SMILES string of the molecule is CC(=O)[N+](C)(CCc1ccccc1)c1cccc(=O)[nH]1. The number of H-pyrrole nitrogens is 1. The molecule has 1 unspecified atom stereocenters. The van der Waals surface area contributed by atoms with Crippen molar-refractivity contribution in [2.75, 3.05) is 13.6 Å². The molecule has 2 rings (SSSR count). The standard InChI is InChI=1S/C16H18N2O2/c1-13(19)18(2,15-9-6-10-16(20)17-15)12-11-14-7-4-3-5-8-14/h3-10H,11-12H2,1-2H3/p+1. The summed E-state index contributed by atoms with van der Waals surface area (Å²) in [6.45, 7) is 2.16. The van der Waals surface area contributed by atoms with Gasteiger partial charge in [-0.25, -0.2) is 9.28 Å². The van der Waals surface area contributed by atoms with Crippen molar-refractivity contribution in [3.63, 3.8) is 0 Å². The molecule has 0 saturated heterocycles. The van der Waals surface area contributed by atoms with Crippen LogP contribution >= 0.6 is 0 Å². The number of hydrogen-bond donors (Lipinski definition) is 1. The van der Waals surface area contributed by atoms with E-state index in [0.29, 0.717) is 12.4 Å². The fourth-order valence-electron chi connectivity index (χ4n) is 2.17. The Morgan fingerprint density at radius 3 is 2.40 bits per heavy atom. The van der Waals surface area contributed by atoms with Crippen LogP contribution in [0.2, 0.25) is 0 Å². The number of likely N-dealkylation sites (N-methyl/N-ethyl adjacent to an activating group) is 1. The Kier molecular flexibility index (Phi) is 4.15. The maximum absolute atomic E-state index is 12.0. The van der Waals surface area contributed by atoms with Crippen LogP contribution in [0.5, 0.6) is 0 Å². The topological polar surface area (TPSA) is 49.9 Å². The number of benzene rings is 1. The van der Waals surface area contributed by atoms with Crippen molar-refractivity contribution in [2.45, 2.75) is 13.3 Å². The molecular weight excluding hydrogens is 252 g/mol. The average Bonchev–Trinajstić information content (AvgIpc) is 2.45. The molecule has 0 spiro atoms. The number of quaternary nitrogens is 1. The van der Waals surface area contributed by atoms with Crippen LogP contribution in [0.1, 0.15) is 12.5 Å². The first-order valence-electron chi connectivity index (χ1n) is 6.63. The van der Waals surface area contributed by atoms with Gasteiger partial charge in [-0.2, -0.15) is 0 Å². The van der Waals surface area contributed by atoms with Gasteiger partial charge in [0.05, 0.1) is 20.5 Å². The van der Waals surface area contributed by atoms with Crippen LogP contribution in [-0.2, 0) is 11.2 Å². The molecule has 1 amide bonds. The molecule has 1 atom stereocenters. The summed E-state index contributed by atoms with van der Waals surface area (Å²) in [4.78, 5) is 26.3. The normalized spacial score (nSPS) is 13.7. The molecule has 2 aromatic rings. The van der Waals surface area contributed by atoms with Crippen molar-refractivity contribution in [2.24, 2.45) is 0 Å². The van der Waals surface area contributed by atoms with Crippen molar-refractivity contribution >= 4 is 11.7 Å². The van der Waals surface area contributed by atoms with E-state index in [1.807, 2.05) is 37.4 Å². The van der Waals surface area contributed by atoms with Gasteiger partial charge in [0.15, 0.2) is 0 Å². The molecule has 4 heteroatoms. The Morgan fingerprint density at radius 2 is 1.80 bits per heavy atom. The quantitative estimate of drug-likeness (QED) is 0.866. The lowest BCUT2D eigenvalue weighted by Crippen LogP contribution is -2.51. The van der Waals surface area contributed by atoms with E-state index in [2.05, 4.69) is 4.98 Å². The van der Waals surface area contributed by atoms with Gasteiger partial charge >= 0.3 is 5.91 Å². The zero-order chi connectivity index (χ0) is 14.6. The second-order valence-corrected chi connectivity index (χ2v) is 5.07. The highest BCUT2D eigenvalue weighted by molar-refractivity contribution is 5.84. The van der Waals surface area contributed by atoms with E-state index >= 15 is 0 Å². The molecule has 1 N–H and O–H groups in total. The molecule has 0 bridgehead atoms. The van der Waals surface area contributed by atoms with Gasteiger partial charge in [0.2, 0.25) is 5.82 Å². The van der Waals surface area contributed by atoms with E-state index < -0.39 is 0 Å². The summed E-state index contributed by atoms with van der Waals surface area (Å²) in [5.74, 6) is 0.628. The maximum atomic E-state index is 12.0. The number of carbonyl (C=O) groups excluding carboxylic acids is 1. The molecule has 104 valence electrons. The predicted octanol–water partition coefficient (Wildman–Crippen LogP) is 2.10. The van der Waals surface area contributed by atoms with E-state index in [1.165, 1.54) is 11.6 Å². The largest absolute Gasteiger partial charge is 0.316 e. The number of nitrogens with zero attached hydrogens (tertiary/aromatic N) is 1. The lowest BCUT2D eigenvalue weighted by Gasteiger charge is -2.29. The summed E-state index contributed by atoms with van der Waals surface area (Å²) in [5, 5.41) is 0. The van der Waals surface area contributed by atoms with Gasteiger partial charge in [-0.3, -0.25) is 9.78 Å². The van der Waals surface area contributed by atoms with Crippen LogP contribution in [0, 0.1) is 0 Å². The average molecular weight is 271 g/mol. The Labute approximate surface area is 118 Å². The second kappa shape index (κ2) is 5.84. The molecule has 0 fully saturated rings. The van der Waals surface area contributed by atoms with E-state index in [1.54, 1.807) is 19.1 Å². The summed E-state index contributed by atoms with van der Waals surface area (Å²) in [7, 11) is 1.83. The minimum Gasteiger partial charge on any atom is -0.277 e. The van der Waals surface area contributed by atoms with Gasteiger partial charge in [0.1, 0.15) is 0 Å². The lowest BCUT2D eigenvalue weighted by molar-refractivity contribution is -0.127. The van der Waals surface area contributed by atoms with Crippen LogP contribution in [0.25, 0.3) is 0 Å². The third kappa shape index (κ3) is 3.03. The molecule has 0 aliphatic heterocycles. The van der Waals surface area contributed by atoms with Gasteiger partial charge in [-0.1, -0.05) is 30.3 Å². The van der Waals surface area contributed by atoms with Gasteiger partial charge in [-0.15, -0.1) is 0 Å². The fraction of sp³-hybridized carbons (Fsp3) is 0.250. The van der Waals surface area contributed by atoms with Crippen LogP contribution in [-0.4, -0.2) is 24.5 Å². The smallest absolute Gasteiger partial charge is 0.277 e. The summed E-state index contributed by atoms with van der Waals surface area (Å²) < 4.78 is 0.0883. The molecule has 0 radical (unpaired) electrons. The van der Waals surface area contributed by atoms with Crippen molar-refractivity contribution in [3.05, 3.63) is 64.4 Å². The summed E-state index contributed by atoms with van der Waals surface area (Å²) in [5.41, 5.74) is 0.990. The highest BCUT2D eigenvalue weighted by atomic mass is 16.2. The molecule has 1 aromatic heterocycles. The van der Waals surface area contributed by atoms with E-state index in [0.717, 1.165) is 6.42 Å². The highest BCUT2D eigenvalue weighted by Crippen LogP contribution is 2.18. The van der Waals surface area contributed by atoms with Crippen molar-refractivity contribution in [3.8, 4) is 0 Å². The maximum Gasteiger partial charge on any atom is 0.316 e. The third-order valence-corrected chi connectivity index (χ3v) is 3.67. The number of carbonyl (C=O) groups is 1. The van der Waals surface area contributed by atoms with E-state index in [4.69, 9.17) is 0 Å². The van der Waals surface area contributed by atoms with Gasteiger partial charge in [0, 0.05) is 18.6 Å². The summed E-state index contributed by atoms with van der Waals surface area (Å²) in [6.07, 6.45) is 0.772. The van der Waals surface area contributed by atoms with Gasteiger partial charge < -0.3 is 0 Å². The predicted molar refractivity (Wildman–Crippen MR) is 80.5 cm³/mol. The third-order valence-electron chi connectivity index (χ3n) is 3.67. The number of rotatable bonds is 4. The monoisotopic (exact) mass is 271 g/mol. The van der Waals surface area contributed by atoms with Crippen molar-refractivity contribution in [1.82, 2.24) is 9.47 Å². The van der Waals surface area contributed by atoms with Crippen LogP contribution < -0.4 is 10.0 Å². The molecule has 4 nitrogen and oxygen atoms in total. The van der Waals surface area contributed by atoms with E-state index in [9.17, 15) is 9.59 Å². The summed E-state index contributed by atoms with van der Waals surface area (Å²) in [6, 6.07) is 14.9. The molecule has 20 heavy (non-hydrogen) atoms. The van der Waals surface area contributed by atoms with Crippen molar-refractivity contribution in [1.29, 1.82) is 0 Å². The van der Waals surface area contributed by atoms with Crippen molar-refractivity contribution < 1.29 is 4.79 Å².